The highest BCUT2D eigenvalue weighted by Crippen LogP contribution is 2.37. The number of nitrogens with one attached hydrogen (secondary N) is 2. The summed E-state index contributed by atoms with van der Waals surface area (Å²) in [5.41, 5.74) is 7.01. The topological polar surface area (TPSA) is 84.2 Å². The molecule has 0 spiro atoms. The fraction of sp³-hybridized carbons (Fsp3) is 0.250. The van der Waals surface area contributed by atoms with Gasteiger partial charge in [0.05, 0.1) is 6.42 Å². The van der Waals surface area contributed by atoms with Gasteiger partial charge in [0.25, 0.3) is 0 Å². The fourth-order valence-electron chi connectivity index (χ4n) is 2.04. The number of halogens is 2. The molecule has 8 heteroatoms. The van der Waals surface area contributed by atoms with Crippen molar-refractivity contribution in [1.82, 2.24) is 5.32 Å². The Morgan fingerprint density at radius 3 is 2.50 bits per heavy atom. The van der Waals surface area contributed by atoms with Gasteiger partial charge in [0.1, 0.15) is 0 Å². The van der Waals surface area contributed by atoms with E-state index >= 15 is 0 Å². The molecule has 5 nitrogen and oxygen atoms in total. The number of carbonyl (C=O) groups excluding carboxylic acids is 2. The monoisotopic (exact) mass is 431 g/mol. The van der Waals surface area contributed by atoms with E-state index in [0.717, 1.165) is 25.5 Å². The molecular formula is C16H19BrClN3O2S. The lowest BCUT2D eigenvalue weighted by atomic mass is 10.1. The zero-order chi connectivity index (χ0) is 16.8. The van der Waals surface area contributed by atoms with E-state index in [1.807, 2.05) is 37.4 Å². The second kappa shape index (κ2) is 9.78. The van der Waals surface area contributed by atoms with Gasteiger partial charge in [-0.2, -0.15) is 0 Å². The lowest BCUT2D eigenvalue weighted by Crippen LogP contribution is -2.18. The van der Waals surface area contributed by atoms with E-state index in [1.54, 1.807) is 0 Å². The maximum atomic E-state index is 11.7. The number of anilines is 1. The molecule has 0 aliphatic heterocycles. The van der Waals surface area contributed by atoms with Crippen molar-refractivity contribution in [2.24, 2.45) is 5.73 Å². The molecule has 0 saturated carbocycles. The van der Waals surface area contributed by atoms with E-state index in [0.29, 0.717) is 13.0 Å². The van der Waals surface area contributed by atoms with Crippen molar-refractivity contribution in [2.45, 2.75) is 12.8 Å². The van der Waals surface area contributed by atoms with Crippen LogP contribution in [0, 0.1) is 0 Å². The van der Waals surface area contributed by atoms with Gasteiger partial charge in [0.15, 0.2) is 0 Å². The number of carbonyl (C=O) groups is 2. The third-order valence-electron chi connectivity index (χ3n) is 3.12. The Bertz CT molecular complexity index is 704. The van der Waals surface area contributed by atoms with E-state index in [1.165, 1.54) is 11.3 Å². The summed E-state index contributed by atoms with van der Waals surface area (Å²) in [4.78, 5) is 24.7. The molecule has 1 aromatic heterocycles. The SMILES string of the molecule is CNCCC(=O)Nc1ccc(-c2sc(CC(N)=O)cc2Br)cc1.Cl. The van der Waals surface area contributed by atoms with E-state index in [4.69, 9.17) is 5.73 Å². The van der Waals surface area contributed by atoms with Gasteiger partial charge in [0.2, 0.25) is 11.8 Å². The molecule has 2 aromatic rings. The van der Waals surface area contributed by atoms with Gasteiger partial charge >= 0.3 is 0 Å². The molecule has 2 rings (SSSR count). The molecule has 0 aliphatic rings. The van der Waals surface area contributed by atoms with E-state index in [-0.39, 0.29) is 30.6 Å². The molecule has 24 heavy (non-hydrogen) atoms. The summed E-state index contributed by atoms with van der Waals surface area (Å²) in [7, 11) is 1.81. The summed E-state index contributed by atoms with van der Waals surface area (Å²) in [5.74, 6) is -0.363. The zero-order valence-electron chi connectivity index (χ0n) is 13.1. The van der Waals surface area contributed by atoms with Gasteiger partial charge in [0, 0.05) is 32.9 Å². The number of nitrogens with two attached hydrogens (primary N) is 1. The molecule has 1 aromatic carbocycles. The summed E-state index contributed by atoms with van der Waals surface area (Å²) in [6, 6.07) is 9.54. The first kappa shape index (κ1) is 20.6. The molecular weight excluding hydrogens is 414 g/mol. The number of benzene rings is 1. The number of hydrogen-bond acceptors (Lipinski definition) is 4. The lowest BCUT2D eigenvalue weighted by molar-refractivity contribution is -0.117. The van der Waals surface area contributed by atoms with Gasteiger partial charge in [-0.3, -0.25) is 9.59 Å². The minimum Gasteiger partial charge on any atom is -0.369 e. The molecule has 4 N–H and O–H groups in total. The molecule has 2 amide bonds. The summed E-state index contributed by atoms with van der Waals surface area (Å²) in [5, 5.41) is 5.79. The van der Waals surface area contributed by atoms with Crippen LogP contribution in [0.1, 0.15) is 11.3 Å². The van der Waals surface area contributed by atoms with Crippen LogP contribution in [0.15, 0.2) is 34.8 Å². The standard InChI is InChI=1S/C16H18BrN3O2S.ClH/c1-19-7-6-15(22)20-11-4-2-10(3-5-11)16-13(17)8-12(23-16)9-14(18)21;/h2-5,8,19H,6-7,9H2,1H3,(H2,18,21)(H,20,22);1H. The van der Waals surface area contributed by atoms with Crippen molar-refractivity contribution in [3.05, 3.63) is 39.7 Å². The first-order valence-electron chi connectivity index (χ1n) is 7.11. The largest absolute Gasteiger partial charge is 0.369 e. The Kier molecular flexibility index (Phi) is 8.41. The minimum atomic E-state index is -0.343. The van der Waals surface area contributed by atoms with Crippen LogP contribution in [-0.4, -0.2) is 25.4 Å². The van der Waals surface area contributed by atoms with E-state index < -0.39 is 0 Å². The van der Waals surface area contributed by atoms with Crippen LogP contribution in [0.2, 0.25) is 0 Å². The quantitative estimate of drug-likeness (QED) is 0.628. The Hall–Kier alpha value is -1.41. The second-order valence-electron chi connectivity index (χ2n) is 5.01. The summed E-state index contributed by atoms with van der Waals surface area (Å²) < 4.78 is 0.935. The van der Waals surface area contributed by atoms with Crippen molar-refractivity contribution in [2.75, 3.05) is 18.9 Å². The Morgan fingerprint density at radius 2 is 1.92 bits per heavy atom. The average molecular weight is 433 g/mol. The molecule has 0 fully saturated rings. The molecule has 0 bridgehead atoms. The third-order valence-corrected chi connectivity index (χ3v) is 5.19. The van der Waals surface area contributed by atoms with Gasteiger partial charge in [-0.15, -0.1) is 23.7 Å². The van der Waals surface area contributed by atoms with Crippen LogP contribution in [-0.2, 0) is 16.0 Å². The first-order valence-corrected chi connectivity index (χ1v) is 8.72. The van der Waals surface area contributed by atoms with Crippen molar-refractivity contribution in [3.8, 4) is 10.4 Å². The fourth-order valence-corrected chi connectivity index (χ4v) is 4.00. The van der Waals surface area contributed by atoms with Crippen molar-refractivity contribution in [1.29, 1.82) is 0 Å². The number of thiophene rings is 1. The zero-order valence-corrected chi connectivity index (χ0v) is 16.3. The highest BCUT2D eigenvalue weighted by atomic mass is 79.9. The highest BCUT2D eigenvalue weighted by molar-refractivity contribution is 9.10. The van der Waals surface area contributed by atoms with Crippen LogP contribution in [0.5, 0.6) is 0 Å². The Balaban J connectivity index is 0.00000288. The average Bonchev–Trinajstić information content (AvgIpc) is 2.85. The number of amides is 2. The molecule has 0 radical (unpaired) electrons. The molecule has 1 heterocycles. The maximum absolute atomic E-state index is 11.7. The Labute approximate surface area is 159 Å². The van der Waals surface area contributed by atoms with Gasteiger partial charge in [-0.25, -0.2) is 0 Å². The lowest BCUT2D eigenvalue weighted by Gasteiger charge is -2.06. The van der Waals surface area contributed by atoms with Crippen LogP contribution >= 0.6 is 39.7 Å². The van der Waals surface area contributed by atoms with Crippen LogP contribution in [0.25, 0.3) is 10.4 Å². The van der Waals surface area contributed by atoms with Crippen molar-refractivity contribution >= 4 is 57.2 Å². The summed E-state index contributed by atoms with van der Waals surface area (Å²) >= 11 is 5.04. The van der Waals surface area contributed by atoms with Crippen LogP contribution in [0.4, 0.5) is 5.69 Å². The van der Waals surface area contributed by atoms with Gasteiger partial charge in [-0.05, 0) is 46.7 Å². The predicted octanol–water partition coefficient (Wildman–Crippen LogP) is 3.18. The molecule has 130 valence electrons. The number of primary amides is 1. The molecule has 0 unspecified atom stereocenters. The predicted molar refractivity (Wildman–Crippen MR) is 105 cm³/mol. The first-order chi connectivity index (χ1) is 11.0. The normalized spacial score (nSPS) is 10.1. The van der Waals surface area contributed by atoms with Crippen LogP contribution in [0.3, 0.4) is 0 Å². The molecule has 0 aliphatic carbocycles. The smallest absolute Gasteiger partial charge is 0.225 e. The third kappa shape index (κ3) is 5.90. The van der Waals surface area contributed by atoms with E-state index in [2.05, 4.69) is 26.6 Å². The van der Waals surface area contributed by atoms with E-state index in [9.17, 15) is 9.59 Å². The van der Waals surface area contributed by atoms with Crippen molar-refractivity contribution < 1.29 is 9.59 Å². The number of hydrogen-bond donors (Lipinski definition) is 3. The second-order valence-corrected chi connectivity index (χ2v) is 7.00. The Morgan fingerprint density at radius 1 is 1.25 bits per heavy atom. The van der Waals surface area contributed by atoms with Gasteiger partial charge in [-0.1, -0.05) is 12.1 Å². The molecule has 0 atom stereocenters. The van der Waals surface area contributed by atoms with Crippen molar-refractivity contribution in [3.63, 3.8) is 0 Å². The number of rotatable bonds is 7. The maximum Gasteiger partial charge on any atom is 0.225 e. The minimum absolute atomic E-state index is 0. The molecule has 0 saturated heterocycles. The summed E-state index contributed by atoms with van der Waals surface area (Å²) in [6.45, 7) is 0.648. The highest BCUT2D eigenvalue weighted by Gasteiger charge is 2.11. The summed E-state index contributed by atoms with van der Waals surface area (Å²) in [6.07, 6.45) is 0.675. The van der Waals surface area contributed by atoms with Gasteiger partial charge < -0.3 is 16.4 Å². The van der Waals surface area contributed by atoms with Crippen LogP contribution < -0.4 is 16.4 Å².